The number of carbonyl (C=O) groups excluding carboxylic acids is 2. The van der Waals surface area contributed by atoms with E-state index in [1.54, 1.807) is 0 Å². The van der Waals surface area contributed by atoms with E-state index in [4.69, 9.17) is 14.2 Å². The standard InChI is InChI=1S/C50H89NO7/c1-6-8-10-12-14-16-18-20-21-22-23-24-25-26-27-28-29-31-33-35-37-39-41-49(53)58-46(44-56-43-42-47(50(54)55)51(3,4)5)45-57-48(52)40-38-36-34-32-30-19-17-15-13-11-9-7-2/h9,11,15,17,22-23,25-26,46-47H,6-8,10,12-14,16,18-21,24,27-45H2,1-5H3/p+1/b11-9+,17-15+,23-22+,26-25+. The van der Waals surface area contributed by atoms with Crippen LogP contribution in [0.2, 0.25) is 0 Å². The van der Waals surface area contributed by atoms with Crippen molar-refractivity contribution in [2.24, 2.45) is 0 Å². The second-order valence-electron chi connectivity index (χ2n) is 17.0. The van der Waals surface area contributed by atoms with Crippen molar-refractivity contribution in [1.82, 2.24) is 0 Å². The highest BCUT2D eigenvalue weighted by atomic mass is 16.6. The fraction of sp³-hybridized carbons (Fsp3) is 0.780. The van der Waals surface area contributed by atoms with Crippen LogP contribution in [0.5, 0.6) is 0 Å². The van der Waals surface area contributed by atoms with Gasteiger partial charge in [-0.05, 0) is 70.6 Å². The second-order valence-corrected chi connectivity index (χ2v) is 17.0. The Hall–Kier alpha value is -2.71. The second kappa shape index (κ2) is 41.0. The van der Waals surface area contributed by atoms with Crippen LogP contribution in [0.25, 0.3) is 0 Å². The topological polar surface area (TPSA) is 99.1 Å². The van der Waals surface area contributed by atoms with Gasteiger partial charge in [0.1, 0.15) is 6.61 Å². The Labute approximate surface area is 356 Å². The van der Waals surface area contributed by atoms with E-state index in [1.165, 1.54) is 83.5 Å². The van der Waals surface area contributed by atoms with E-state index in [-0.39, 0.29) is 36.2 Å². The van der Waals surface area contributed by atoms with Gasteiger partial charge in [-0.15, -0.1) is 0 Å². The first-order valence-electron chi connectivity index (χ1n) is 23.7. The lowest BCUT2D eigenvalue weighted by atomic mass is 10.1. The molecular formula is C50H90NO7+. The van der Waals surface area contributed by atoms with Crippen molar-refractivity contribution in [3.63, 3.8) is 0 Å². The van der Waals surface area contributed by atoms with Gasteiger partial charge in [-0.3, -0.25) is 9.59 Å². The molecule has 0 bridgehead atoms. The maximum atomic E-state index is 12.7. The van der Waals surface area contributed by atoms with E-state index in [0.29, 0.717) is 19.3 Å². The number of carbonyl (C=O) groups is 3. The van der Waals surface area contributed by atoms with Gasteiger partial charge >= 0.3 is 17.9 Å². The highest BCUT2D eigenvalue weighted by Crippen LogP contribution is 2.14. The number of hydrogen-bond acceptors (Lipinski definition) is 6. The molecule has 1 N–H and O–H groups in total. The Morgan fingerprint density at radius 3 is 1.41 bits per heavy atom. The highest BCUT2D eigenvalue weighted by molar-refractivity contribution is 5.72. The van der Waals surface area contributed by atoms with Crippen molar-refractivity contribution in [3.8, 4) is 0 Å². The van der Waals surface area contributed by atoms with E-state index < -0.39 is 18.1 Å². The average Bonchev–Trinajstić information content (AvgIpc) is 3.18. The number of quaternary nitrogens is 1. The summed E-state index contributed by atoms with van der Waals surface area (Å²) in [6.07, 6.45) is 48.8. The van der Waals surface area contributed by atoms with Crippen LogP contribution in [0, 0.1) is 0 Å². The molecule has 0 aliphatic rings. The molecule has 0 fully saturated rings. The summed E-state index contributed by atoms with van der Waals surface area (Å²) in [7, 11) is 5.52. The molecule has 0 spiro atoms. The highest BCUT2D eigenvalue weighted by Gasteiger charge is 2.31. The van der Waals surface area contributed by atoms with Crippen molar-refractivity contribution >= 4 is 17.9 Å². The number of esters is 2. The third-order valence-electron chi connectivity index (χ3n) is 10.5. The molecule has 0 aliphatic heterocycles. The SMILES string of the molecule is CC/C=C/C/C=C/CCCCCCCC(=O)OCC(COCCC(C(=O)O)[N+](C)(C)C)OC(=O)CCCCCCCCC/C=C/C/C=C/CCCCCCCCCC. The molecule has 8 nitrogen and oxygen atoms in total. The van der Waals surface area contributed by atoms with Gasteiger partial charge in [-0.25, -0.2) is 4.79 Å². The normalized spacial score (nSPS) is 13.3. The van der Waals surface area contributed by atoms with Crippen molar-refractivity contribution < 1.29 is 38.2 Å². The number of hydrogen-bond donors (Lipinski definition) is 1. The fourth-order valence-corrected chi connectivity index (χ4v) is 6.81. The Balaban J connectivity index is 4.28. The van der Waals surface area contributed by atoms with Gasteiger partial charge in [0, 0.05) is 19.3 Å². The molecule has 0 radical (unpaired) electrons. The van der Waals surface area contributed by atoms with Crippen molar-refractivity contribution in [3.05, 3.63) is 48.6 Å². The van der Waals surface area contributed by atoms with E-state index in [9.17, 15) is 19.5 Å². The smallest absolute Gasteiger partial charge is 0.362 e. The lowest BCUT2D eigenvalue weighted by Crippen LogP contribution is -2.50. The van der Waals surface area contributed by atoms with Crippen LogP contribution in [0.1, 0.15) is 200 Å². The summed E-state index contributed by atoms with van der Waals surface area (Å²) in [5.41, 5.74) is 0. The van der Waals surface area contributed by atoms with Crippen LogP contribution in [0.3, 0.4) is 0 Å². The molecule has 8 heteroatoms. The van der Waals surface area contributed by atoms with Crippen LogP contribution in [0.4, 0.5) is 0 Å². The summed E-state index contributed by atoms with van der Waals surface area (Å²) in [6, 6.07) is -0.619. The van der Waals surface area contributed by atoms with Crippen molar-refractivity contribution in [2.45, 2.75) is 212 Å². The molecule has 0 aromatic heterocycles. The molecule has 0 heterocycles. The number of rotatable bonds is 42. The van der Waals surface area contributed by atoms with Crippen molar-refractivity contribution in [1.29, 1.82) is 0 Å². The Bertz CT molecular complexity index is 1090. The first-order valence-corrected chi connectivity index (χ1v) is 23.7. The van der Waals surface area contributed by atoms with Crippen LogP contribution in [0.15, 0.2) is 48.6 Å². The summed E-state index contributed by atoms with van der Waals surface area (Å²) in [6.45, 7) is 4.61. The number of allylic oxidation sites excluding steroid dienone is 8. The number of carboxylic acids is 1. The maximum Gasteiger partial charge on any atom is 0.362 e. The van der Waals surface area contributed by atoms with Crippen LogP contribution < -0.4 is 0 Å². The molecule has 58 heavy (non-hydrogen) atoms. The first kappa shape index (κ1) is 55.3. The average molecular weight is 817 g/mol. The maximum absolute atomic E-state index is 12.7. The first-order chi connectivity index (χ1) is 28.1. The minimum Gasteiger partial charge on any atom is -0.477 e. The molecule has 336 valence electrons. The van der Waals surface area contributed by atoms with Crippen LogP contribution in [-0.4, -0.2) is 80.6 Å². The molecule has 0 aromatic rings. The molecule has 0 saturated heterocycles. The van der Waals surface area contributed by atoms with Gasteiger partial charge in [0.25, 0.3) is 0 Å². The Morgan fingerprint density at radius 2 is 0.966 bits per heavy atom. The number of aliphatic carboxylic acids is 1. The number of carboxylic acid groups (broad SMARTS) is 1. The number of unbranched alkanes of at least 4 members (excludes halogenated alkanes) is 20. The summed E-state index contributed by atoms with van der Waals surface area (Å²) in [5, 5.41) is 9.63. The van der Waals surface area contributed by atoms with E-state index in [0.717, 1.165) is 83.5 Å². The monoisotopic (exact) mass is 817 g/mol. The lowest BCUT2D eigenvalue weighted by Gasteiger charge is -2.31. The molecule has 2 unspecified atom stereocenters. The van der Waals surface area contributed by atoms with E-state index >= 15 is 0 Å². The molecular weight excluding hydrogens is 727 g/mol. The quantitative estimate of drug-likeness (QED) is 0.0283. The molecule has 0 rings (SSSR count). The van der Waals surface area contributed by atoms with Gasteiger partial charge in [0.2, 0.25) is 0 Å². The number of likely N-dealkylation sites (N-methyl/N-ethyl adjacent to an activating group) is 1. The molecule has 2 atom stereocenters. The minimum absolute atomic E-state index is 0.0527. The molecule has 0 aromatic carbocycles. The Morgan fingerprint density at radius 1 is 0.534 bits per heavy atom. The summed E-state index contributed by atoms with van der Waals surface area (Å²) in [5.74, 6) is -1.50. The third-order valence-corrected chi connectivity index (χ3v) is 10.5. The predicted octanol–water partition coefficient (Wildman–Crippen LogP) is 13.2. The molecule has 0 amide bonds. The van der Waals surface area contributed by atoms with Gasteiger partial charge in [-0.1, -0.05) is 159 Å². The van der Waals surface area contributed by atoms with Gasteiger partial charge in [0.05, 0.1) is 34.4 Å². The fourth-order valence-electron chi connectivity index (χ4n) is 6.81. The van der Waals surface area contributed by atoms with Crippen LogP contribution in [-0.2, 0) is 28.6 Å². The van der Waals surface area contributed by atoms with Gasteiger partial charge < -0.3 is 23.8 Å². The summed E-state index contributed by atoms with van der Waals surface area (Å²) in [4.78, 5) is 37.0. The Kier molecular flexibility index (Phi) is 39.1. The zero-order valence-corrected chi connectivity index (χ0v) is 38.2. The molecule has 0 aliphatic carbocycles. The third kappa shape index (κ3) is 38.8. The van der Waals surface area contributed by atoms with E-state index in [1.807, 2.05) is 21.1 Å². The molecule has 0 saturated carbocycles. The van der Waals surface area contributed by atoms with Gasteiger partial charge in [-0.2, -0.15) is 0 Å². The van der Waals surface area contributed by atoms with E-state index in [2.05, 4.69) is 62.5 Å². The summed E-state index contributed by atoms with van der Waals surface area (Å²) < 4.78 is 17.3. The lowest BCUT2D eigenvalue weighted by molar-refractivity contribution is -0.887. The zero-order valence-electron chi connectivity index (χ0n) is 38.2. The zero-order chi connectivity index (χ0) is 42.8. The number of ether oxygens (including phenoxy) is 3. The largest absolute Gasteiger partial charge is 0.477 e. The predicted molar refractivity (Wildman–Crippen MR) is 243 cm³/mol. The van der Waals surface area contributed by atoms with Crippen LogP contribution >= 0.6 is 0 Å². The summed E-state index contributed by atoms with van der Waals surface area (Å²) >= 11 is 0. The van der Waals surface area contributed by atoms with Gasteiger partial charge in [0.15, 0.2) is 12.1 Å². The van der Waals surface area contributed by atoms with Crippen molar-refractivity contribution in [2.75, 3.05) is 41.0 Å². The minimum atomic E-state index is -0.879. The number of nitrogens with zero attached hydrogens (tertiary/aromatic N) is 1.